The first-order valence-corrected chi connectivity index (χ1v) is 6.14. The fourth-order valence-corrected chi connectivity index (χ4v) is 1.75. The first-order chi connectivity index (χ1) is 7.67. The van der Waals surface area contributed by atoms with E-state index in [1.807, 2.05) is 38.1 Å². The van der Waals surface area contributed by atoms with E-state index < -0.39 is 0 Å². The lowest BCUT2D eigenvalue weighted by molar-refractivity contribution is 0.0935. The van der Waals surface area contributed by atoms with Crippen molar-refractivity contribution in [1.82, 2.24) is 5.32 Å². The van der Waals surface area contributed by atoms with Crippen molar-refractivity contribution in [3.8, 4) is 0 Å². The summed E-state index contributed by atoms with van der Waals surface area (Å²) in [5.41, 5.74) is 1.86. The van der Waals surface area contributed by atoms with E-state index in [0.29, 0.717) is 11.4 Å². The van der Waals surface area contributed by atoms with Crippen molar-refractivity contribution >= 4 is 17.5 Å². The number of carbonyl (C=O) groups is 1. The molecule has 88 valence electrons. The second kappa shape index (κ2) is 6.54. The highest BCUT2D eigenvalue weighted by Gasteiger charge is 2.11. The van der Waals surface area contributed by atoms with E-state index in [4.69, 9.17) is 11.6 Å². The van der Waals surface area contributed by atoms with Gasteiger partial charge >= 0.3 is 0 Å². The Morgan fingerprint density at radius 2 is 2.00 bits per heavy atom. The van der Waals surface area contributed by atoms with Gasteiger partial charge in [0.15, 0.2) is 0 Å². The third-order valence-electron chi connectivity index (χ3n) is 2.60. The number of carbonyl (C=O) groups excluding carboxylic acids is 1. The maximum Gasteiger partial charge on any atom is 0.251 e. The molecule has 1 unspecified atom stereocenters. The molecule has 3 heteroatoms. The summed E-state index contributed by atoms with van der Waals surface area (Å²) in [5, 5.41) is 2.98. The van der Waals surface area contributed by atoms with Crippen LogP contribution in [0, 0.1) is 6.92 Å². The van der Waals surface area contributed by atoms with Gasteiger partial charge in [-0.2, -0.15) is 0 Å². The predicted octanol–water partition coefficient (Wildman–Crippen LogP) is 3.13. The molecule has 1 amide bonds. The van der Waals surface area contributed by atoms with Crippen LogP contribution in [0.2, 0.25) is 0 Å². The quantitative estimate of drug-likeness (QED) is 0.786. The second-order valence-corrected chi connectivity index (χ2v) is 4.30. The third kappa shape index (κ3) is 3.86. The lowest BCUT2D eigenvalue weighted by atomic mass is 10.1. The molecule has 0 heterocycles. The minimum absolute atomic E-state index is 0.0167. The molecule has 0 bridgehead atoms. The van der Waals surface area contributed by atoms with Crippen LogP contribution < -0.4 is 5.32 Å². The number of hydrogen-bond donors (Lipinski definition) is 1. The summed E-state index contributed by atoms with van der Waals surface area (Å²) >= 11 is 5.67. The van der Waals surface area contributed by atoms with Crippen LogP contribution >= 0.6 is 11.6 Å². The number of alkyl halides is 1. The average molecular weight is 240 g/mol. The topological polar surface area (TPSA) is 29.1 Å². The van der Waals surface area contributed by atoms with Gasteiger partial charge in [-0.05, 0) is 31.9 Å². The standard InChI is InChI=1S/C13H18ClNO/c1-3-12(8-9-14)15-13(16)11-6-4-10(2)5-7-11/h4-7,12H,3,8-9H2,1-2H3,(H,15,16). The van der Waals surface area contributed by atoms with Crippen molar-refractivity contribution in [2.45, 2.75) is 32.7 Å². The van der Waals surface area contributed by atoms with Crippen LogP contribution in [0.5, 0.6) is 0 Å². The van der Waals surface area contributed by atoms with Gasteiger partial charge < -0.3 is 5.32 Å². The number of rotatable bonds is 5. The first-order valence-electron chi connectivity index (χ1n) is 5.61. The zero-order chi connectivity index (χ0) is 12.0. The highest BCUT2D eigenvalue weighted by Crippen LogP contribution is 2.05. The summed E-state index contributed by atoms with van der Waals surface area (Å²) in [7, 11) is 0. The van der Waals surface area contributed by atoms with E-state index in [2.05, 4.69) is 5.32 Å². The molecule has 0 aliphatic carbocycles. The summed E-state index contributed by atoms with van der Waals surface area (Å²) < 4.78 is 0. The molecule has 0 aliphatic heterocycles. The molecule has 0 aromatic heterocycles. The molecule has 0 saturated carbocycles. The first kappa shape index (κ1) is 13.0. The van der Waals surface area contributed by atoms with Gasteiger partial charge in [0.05, 0.1) is 0 Å². The smallest absolute Gasteiger partial charge is 0.251 e. The summed E-state index contributed by atoms with van der Waals surface area (Å²) in [6.45, 7) is 4.05. The SMILES string of the molecule is CCC(CCCl)NC(=O)c1ccc(C)cc1. The van der Waals surface area contributed by atoms with E-state index in [0.717, 1.165) is 18.4 Å². The summed E-state index contributed by atoms with van der Waals surface area (Å²) in [6, 6.07) is 7.75. The fraction of sp³-hybridized carbons (Fsp3) is 0.462. The molecule has 1 atom stereocenters. The molecule has 1 aromatic carbocycles. The number of aryl methyl sites for hydroxylation is 1. The highest BCUT2D eigenvalue weighted by atomic mass is 35.5. The van der Waals surface area contributed by atoms with Gasteiger partial charge in [-0.25, -0.2) is 0 Å². The highest BCUT2D eigenvalue weighted by molar-refractivity contribution is 6.17. The Bertz CT molecular complexity index is 334. The van der Waals surface area contributed by atoms with Crippen molar-refractivity contribution < 1.29 is 4.79 Å². The van der Waals surface area contributed by atoms with Crippen LogP contribution in [-0.4, -0.2) is 17.8 Å². The van der Waals surface area contributed by atoms with Crippen LogP contribution in [0.1, 0.15) is 35.7 Å². The zero-order valence-corrected chi connectivity index (χ0v) is 10.6. The Kier molecular flexibility index (Phi) is 5.33. The van der Waals surface area contributed by atoms with Crippen molar-refractivity contribution in [2.24, 2.45) is 0 Å². The zero-order valence-electron chi connectivity index (χ0n) is 9.79. The Morgan fingerprint density at radius 3 is 2.50 bits per heavy atom. The molecule has 0 radical (unpaired) electrons. The van der Waals surface area contributed by atoms with Crippen molar-refractivity contribution in [3.63, 3.8) is 0 Å². The summed E-state index contributed by atoms with van der Waals surface area (Å²) in [4.78, 5) is 11.8. The number of halogens is 1. The minimum atomic E-state index is -0.0167. The molecule has 0 aliphatic rings. The van der Waals surface area contributed by atoms with Gasteiger partial charge in [0.25, 0.3) is 5.91 Å². The van der Waals surface area contributed by atoms with Gasteiger partial charge in [0.1, 0.15) is 0 Å². The molecule has 0 saturated heterocycles. The van der Waals surface area contributed by atoms with E-state index in [9.17, 15) is 4.79 Å². The van der Waals surface area contributed by atoms with E-state index >= 15 is 0 Å². The molecule has 1 N–H and O–H groups in total. The minimum Gasteiger partial charge on any atom is -0.349 e. The van der Waals surface area contributed by atoms with Crippen LogP contribution in [0.15, 0.2) is 24.3 Å². The molecule has 1 rings (SSSR count). The van der Waals surface area contributed by atoms with E-state index in [1.165, 1.54) is 0 Å². The Hall–Kier alpha value is -1.02. The Morgan fingerprint density at radius 1 is 1.38 bits per heavy atom. The van der Waals surface area contributed by atoms with Crippen LogP contribution in [0.25, 0.3) is 0 Å². The normalized spacial score (nSPS) is 12.2. The molecular weight excluding hydrogens is 222 g/mol. The molecule has 16 heavy (non-hydrogen) atoms. The van der Waals surface area contributed by atoms with Gasteiger partial charge in [0, 0.05) is 17.5 Å². The van der Waals surface area contributed by atoms with Crippen LogP contribution in [-0.2, 0) is 0 Å². The maximum absolute atomic E-state index is 11.8. The van der Waals surface area contributed by atoms with Crippen molar-refractivity contribution in [2.75, 3.05) is 5.88 Å². The maximum atomic E-state index is 11.8. The van der Waals surface area contributed by atoms with Crippen LogP contribution in [0.4, 0.5) is 0 Å². The molecule has 1 aromatic rings. The second-order valence-electron chi connectivity index (χ2n) is 3.92. The van der Waals surface area contributed by atoms with Crippen LogP contribution in [0.3, 0.4) is 0 Å². The van der Waals surface area contributed by atoms with Gasteiger partial charge in [-0.3, -0.25) is 4.79 Å². The van der Waals surface area contributed by atoms with Crippen molar-refractivity contribution in [3.05, 3.63) is 35.4 Å². The number of benzene rings is 1. The molecule has 0 fully saturated rings. The molecule has 2 nitrogen and oxygen atoms in total. The summed E-state index contributed by atoms with van der Waals surface area (Å²) in [5.74, 6) is 0.559. The van der Waals surface area contributed by atoms with Gasteiger partial charge in [0.2, 0.25) is 0 Å². The average Bonchev–Trinajstić information content (AvgIpc) is 2.29. The number of amides is 1. The molecule has 0 spiro atoms. The predicted molar refractivity (Wildman–Crippen MR) is 68.1 cm³/mol. The number of hydrogen-bond acceptors (Lipinski definition) is 1. The Balaban J connectivity index is 2.60. The van der Waals surface area contributed by atoms with E-state index in [1.54, 1.807) is 0 Å². The monoisotopic (exact) mass is 239 g/mol. The third-order valence-corrected chi connectivity index (χ3v) is 2.82. The summed E-state index contributed by atoms with van der Waals surface area (Å²) in [6.07, 6.45) is 1.72. The lowest BCUT2D eigenvalue weighted by Crippen LogP contribution is -2.34. The Labute approximate surface area is 102 Å². The van der Waals surface area contributed by atoms with E-state index in [-0.39, 0.29) is 11.9 Å². The van der Waals surface area contributed by atoms with Gasteiger partial charge in [-0.15, -0.1) is 11.6 Å². The number of nitrogens with one attached hydrogen (secondary N) is 1. The molecular formula is C13H18ClNO. The lowest BCUT2D eigenvalue weighted by Gasteiger charge is -2.15. The fourth-order valence-electron chi connectivity index (χ4n) is 1.48. The van der Waals surface area contributed by atoms with Gasteiger partial charge in [-0.1, -0.05) is 24.6 Å². The largest absolute Gasteiger partial charge is 0.349 e. The van der Waals surface area contributed by atoms with Crippen molar-refractivity contribution in [1.29, 1.82) is 0 Å².